The van der Waals surface area contributed by atoms with E-state index in [1.807, 2.05) is 18.2 Å². The van der Waals surface area contributed by atoms with E-state index in [1.54, 1.807) is 32.9 Å². The number of hydrogen-bond acceptors (Lipinski definition) is 11. The first kappa shape index (κ1) is 43.8. The van der Waals surface area contributed by atoms with E-state index in [2.05, 4.69) is 72.8 Å². The van der Waals surface area contributed by atoms with Gasteiger partial charge in [-0.25, -0.2) is 9.59 Å². The minimum Gasteiger partial charge on any atom is -0.483 e. The molecule has 0 amide bonds. The number of carbonyl (C=O) groups excluding carboxylic acids is 2. The molecule has 63 heavy (non-hydrogen) atoms. The molecule has 4 aliphatic rings. The van der Waals surface area contributed by atoms with Gasteiger partial charge in [0.25, 0.3) is 0 Å². The number of carbonyl (C=O) groups is 2. The summed E-state index contributed by atoms with van der Waals surface area (Å²) in [4.78, 5) is 42.8. The lowest BCUT2D eigenvalue weighted by atomic mass is 9.72. The van der Waals surface area contributed by atoms with E-state index in [0.717, 1.165) is 23.1 Å². The Balaban J connectivity index is 1.22. The van der Waals surface area contributed by atoms with Crippen molar-refractivity contribution >= 4 is 22.9 Å². The second kappa shape index (κ2) is 18.9. The molecule has 1 aromatic heterocycles. The van der Waals surface area contributed by atoms with Gasteiger partial charge in [-0.2, -0.15) is 0 Å². The molecular weight excluding hydrogens is 801 g/mol. The lowest BCUT2D eigenvalue weighted by molar-refractivity contribution is -0.188. The zero-order valence-corrected chi connectivity index (χ0v) is 35.9. The van der Waals surface area contributed by atoms with Crippen LogP contribution in [-0.4, -0.2) is 59.0 Å². The average molecular weight is 855 g/mol. The van der Waals surface area contributed by atoms with Crippen LogP contribution in [0.2, 0.25) is 0 Å². The molecule has 0 radical (unpaired) electrons. The summed E-state index contributed by atoms with van der Waals surface area (Å²) in [6.45, 7) is 3.73. The number of aryl methyl sites for hydroxylation is 1. The maximum atomic E-state index is 14.8. The number of aliphatic hydroxyl groups is 3. The van der Waals surface area contributed by atoms with Gasteiger partial charge in [0.1, 0.15) is 23.7 Å². The van der Waals surface area contributed by atoms with Crippen LogP contribution in [0.5, 0.6) is 5.75 Å². The third-order valence-electron chi connectivity index (χ3n) is 12.8. The van der Waals surface area contributed by atoms with Crippen LogP contribution in [0, 0.1) is 5.92 Å². The molecule has 0 unspecified atom stereocenters. The van der Waals surface area contributed by atoms with Gasteiger partial charge in [0.05, 0.1) is 25.4 Å². The molecule has 0 spiro atoms. The largest absolute Gasteiger partial charge is 0.483 e. The van der Waals surface area contributed by atoms with Crippen molar-refractivity contribution in [2.75, 3.05) is 20.0 Å². The molecule has 11 nitrogen and oxygen atoms in total. The fourth-order valence-electron chi connectivity index (χ4n) is 9.50. The van der Waals surface area contributed by atoms with Gasteiger partial charge in [0, 0.05) is 41.2 Å². The Morgan fingerprint density at radius 1 is 0.825 bits per heavy atom. The van der Waals surface area contributed by atoms with Crippen LogP contribution < -0.4 is 10.4 Å². The number of aliphatic hydroxyl groups excluding tert-OH is 3. The normalized spacial score (nSPS) is 22.9. The van der Waals surface area contributed by atoms with Crippen LogP contribution in [0.4, 0.5) is 0 Å². The van der Waals surface area contributed by atoms with Crippen LogP contribution in [0.1, 0.15) is 102 Å². The smallest absolute Gasteiger partial charge is 0.339 e. The van der Waals surface area contributed by atoms with E-state index in [1.165, 1.54) is 11.1 Å². The second-order valence-electron chi connectivity index (χ2n) is 17.4. The van der Waals surface area contributed by atoms with Crippen molar-refractivity contribution in [2.24, 2.45) is 5.92 Å². The highest BCUT2D eigenvalue weighted by Crippen LogP contribution is 2.49. The minimum atomic E-state index is -1.31. The summed E-state index contributed by atoms with van der Waals surface area (Å²) in [5.41, 5.74) is 5.02. The van der Waals surface area contributed by atoms with Gasteiger partial charge in [-0.3, -0.25) is 4.79 Å². The highest BCUT2D eigenvalue weighted by Gasteiger charge is 2.51. The number of benzene rings is 4. The Hall–Kier alpha value is -5.85. The highest BCUT2D eigenvalue weighted by atomic mass is 16.6. The first-order valence-corrected chi connectivity index (χ1v) is 21.7. The Bertz CT molecular complexity index is 2590. The quantitative estimate of drug-likeness (QED) is 0.0331. The number of hydrogen-bond donors (Lipinski definition) is 3. The van der Waals surface area contributed by atoms with Crippen molar-refractivity contribution in [3.63, 3.8) is 0 Å². The highest BCUT2D eigenvalue weighted by molar-refractivity contribution is 5.90. The molecule has 0 fully saturated rings. The maximum absolute atomic E-state index is 14.8. The lowest BCUT2D eigenvalue weighted by Gasteiger charge is -2.43. The van der Waals surface area contributed by atoms with Crippen LogP contribution >= 0.6 is 0 Å². The molecule has 5 atom stereocenters. The van der Waals surface area contributed by atoms with Crippen molar-refractivity contribution in [1.29, 1.82) is 0 Å². The summed E-state index contributed by atoms with van der Waals surface area (Å²) in [6.07, 6.45) is 4.22. The number of fused-ring (bicyclic) bond motifs is 11. The van der Waals surface area contributed by atoms with E-state index in [-0.39, 0.29) is 83.8 Å². The molecular formula is C52H54O11. The molecule has 3 aliphatic heterocycles. The van der Waals surface area contributed by atoms with Gasteiger partial charge in [0.15, 0.2) is 12.2 Å². The summed E-state index contributed by atoms with van der Waals surface area (Å²) in [7, 11) is 0. The standard InChI is InChI=1S/C52H54O11/c1-31(28-53)39-18-14-32-12-15-35(16-13-32)40-19-17-37(36-11-7-10-34(25-36)24-33-8-5-4-6-9-33)26-38(40)27-45(56)60-48-46-44(63-52(2,3)49(48)62-50(39)57)21-20-41-43(29-54)42(22-23-59-30-55)51(58)61-47(41)46/h4-13,15-17,19-21,25,37-38,40,48-49,53-55H,14,18,22-24,26-30H2,1-3H3/b39-31-/t37-,38+,40+,48-,49+/m1/s1. The zero-order valence-electron chi connectivity index (χ0n) is 35.9. The molecule has 2 bridgehead atoms. The van der Waals surface area contributed by atoms with E-state index < -0.39 is 48.8 Å². The maximum Gasteiger partial charge on any atom is 0.339 e. The van der Waals surface area contributed by atoms with Gasteiger partial charge >= 0.3 is 17.6 Å². The van der Waals surface area contributed by atoms with Crippen molar-refractivity contribution < 1.29 is 48.3 Å². The molecule has 328 valence electrons. The summed E-state index contributed by atoms with van der Waals surface area (Å²) in [5, 5.41) is 30.4. The molecule has 11 heteroatoms. The molecule has 5 aromatic rings. The van der Waals surface area contributed by atoms with E-state index in [9.17, 15) is 29.7 Å². The van der Waals surface area contributed by atoms with Crippen LogP contribution in [0.3, 0.4) is 0 Å². The Morgan fingerprint density at radius 2 is 1.60 bits per heavy atom. The van der Waals surface area contributed by atoms with E-state index in [4.69, 9.17) is 23.4 Å². The van der Waals surface area contributed by atoms with Gasteiger partial charge in [-0.1, -0.05) is 91.0 Å². The summed E-state index contributed by atoms with van der Waals surface area (Å²) in [6, 6.07) is 30.6. The van der Waals surface area contributed by atoms with Crippen LogP contribution in [-0.2, 0) is 49.7 Å². The van der Waals surface area contributed by atoms with E-state index in [0.29, 0.717) is 23.8 Å². The monoisotopic (exact) mass is 854 g/mol. The molecule has 0 saturated carbocycles. The molecule has 0 saturated heterocycles. The minimum absolute atomic E-state index is 0.00465. The van der Waals surface area contributed by atoms with Gasteiger partial charge in [-0.05, 0) is 103 Å². The summed E-state index contributed by atoms with van der Waals surface area (Å²) < 4.78 is 30.6. The van der Waals surface area contributed by atoms with Crippen molar-refractivity contribution in [3.05, 3.63) is 169 Å². The third-order valence-corrected chi connectivity index (χ3v) is 12.8. The van der Waals surface area contributed by atoms with Crippen LogP contribution in [0.25, 0.3) is 11.0 Å². The van der Waals surface area contributed by atoms with Gasteiger partial charge < -0.3 is 38.7 Å². The first-order valence-electron chi connectivity index (χ1n) is 21.7. The fourth-order valence-corrected chi connectivity index (χ4v) is 9.50. The molecule has 3 N–H and O–H groups in total. The SMILES string of the molecule is C/C(CO)=C1\CCc2ccc(cc2)[C@@H]2C=C[C@@H](c3cccc(Cc4ccccc4)c3)C[C@H]2CC(=O)O[C@@H]2c3c(ccc4c(CO)c(CCOCO)c(=O)oc34)OC(C)(C)[C@H]2OC1=O. The van der Waals surface area contributed by atoms with E-state index >= 15 is 0 Å². The summed E-state index contributed by atoms with van der Waals surface area (Å²) in [5.74, 6) is -1.25. The molecule has 1 aliphatic carbocycles. The van der Waals surface area contributed by atoms with Crippen molar-refractivity contribution in [1.82, 2.24) is 0 Å². The van der Waals surface area contributed by atoms with Gasteiger partial charge in [-0.15, -0.1) is 0 Å². The Morgan fingerprint density at radius 3 is 2.35 bits per heavy atom. The molecule has 4 aromatic carbocycles. The topological polar surface area (TPSA) is 162 Å². The zero-order chi connectivity index (χ0) is 44.3. The average Bonchev–Trinajstić information content (AvgIpc) is 3.27. The predicted molar refractivity (Wildman–Crippen MR) is 236 cm³/mol. The Labute approximate surface area is 366 Å². The van der Waals surface area contributed by atoms with Gasteiger partial charge in [0.2, 0.25) is 0 Å². The fraction of sp³-hybridized carbons (Fsp3) is 0.365. The first-order chi connectivity index (χ1) is 30.5. The number of rotatable bonds is 9. The van der Waals surface area contributed by atoms with Crippen LogP contribution in [0.15, 0.2) is 124 Å². The number of esters is 2. The molecule has 4 heterocycles. The molecule has 9 rings (SSSR count). The van der Waals surface area contributed by atoms with Crippen molar-refractivity contribution in [3.8, 4) is 5.75 Å². The third kappa shape index (κ3) is 9.29. The van der Waals surface area contributed by atoms with Crippen molar-refractivity contribution in [2.45, 2.75) is 95.5 Å². The second-order valence-corrected chi connectivity index (χ2v) is 17.4. The Kier molecular flexibility index (Phi) is 13.1. The predicted octanol–water partition coefficient (Wildman–Crippen LogP) is 7.84. The lowest BCUT2D eigenvalue weighted by Crippen LogP contribution is -2.52. The number of ether oxygens (including phenoxy) is 4. The summed E-state index contributed by atoms with van der Waals surface area (Å²) >= 11 is 0. The number of allylic oxidation sites excluding steroid dienone is 2.